The van der Waals surface area contributed by atoms with Crippen molar-refractivity contribution in [2.75, 3.05) is 7.11 Å². The van der Waals surface area contributed by atoms with Crippen LogP contribution in [0.4, 0.5) is 17.6 Å². The number of methoxy groups -OCH3 is 1. The van der Waals surface area contributed by atoms with Crippen LogP contribution in [0.2, 0.25) is 0 Å². The van der Waals surface area contributed by atoms with E-state index in [0.717, 1.165) is 12.1 Å². The number of alkyl halides is 3. The van der Waals surface area contributed by atoms with Crippen molar-refractivity contribution < 1.29 is 37.0 Å². The fourth-order valence-corrected chi connectivity index (χ4v) is 3.27. The maximum Gasteiger partial charge on any atom is 0.417 e. The summed E-state index contributed by atoms with van der Waals surface area (Å²) in [5, 5.41) is 11.6. The topological polar surface area (TPSA) is 88.5 Å². The Morgan fingerprint density at radius 2 is 1.73 bits per heavy atom. The fourth-order valence-electron chi connectivity index (χ4n) is 3.27. The molecule has 10 heteroatoms. The number of halogens is 4. The van der Waals surface area contributed by atoms with Crippen molar-refractivity contribution in [1.82, 2.24) is 10.3 Å². The molecule has 1 unspecified atom stereocenters. The Labute approximate surface area is 185 Å². The number of ether oxygens (including phenoxy) is 1. The molecule has 0 spiro atoms. The van der Waals surface area contributed by atoms with Crippen LogP contribution in [0.1, 0.15) is 34.1 Å². The number of carbonyl (C=O) groups excluding carboxylic acids is 1. The first-order valence-corrected chi connectivity index (χ1v) is 9.60. The SMILES string of the molecule is COc1ccc(C(=O)NC(CC(=O)O)c2ccccc2F)nc1-c1ccccc1C(F)(F)F. The molecule has 2 aromatic carbocycles. The standard InChI is InChI=1S/C23H18F4N2O4/c1-33-19-11-10-17(28-21(19)13-6-2-4-8-15(13)23(25,26)27)22(32)29-18(12-20(30)31)14-7-3-5-9-16(14)24/h2-11,18H,12H2,1H3,(H,29,32)(H,30,31). The molecular formula is C23H18F4N2O4. The van der Waals surface area contributed by atoms with Gasteiger partial charge in [0.15, 0.2) is 0 Å². The summed E-state index contributed by atoms with van der Waals surface area (Å²) in [6, 6.07) is 11.3. The second kappa shape index (κ2) is 9.68. The van der Waals surface area contributed by atoms with Gasteiger partial charge in [-0.2, -0.15) is 13.2 Å². The zero-order valence-corrected chi connectivity index (χ0v) is 17.2. The molecule has 6 nitrogen and oxygen atoms in total. The van der Waals surface area contributed by atoms with E-state index in [1.165, 1.54) is 55.6 Å². The van der Waals surface area contributed by atoms with Gasteiger partial charge in [0.1, 0.15) is 23.0 Å². The zero-order valence-electron chi connectivity index (χ0n) is 17.2. The number of hydrogen-bond donors (Lipinski definition) is 2. The number of nitrogens with zero attached hydrogens (tertiary/aromatic N) is 1. The molecule has 172 valence electrons. The first kappa shape index (κ1) is 23.7. The van der Waals surface area contributed by atoms with Crippen LogP contribution in [-0.2, 0) is 11.0 Å². The number of hydrogen-bond acceptors (Lipinski definition) is 4. The van der Waals surface area contributed by atoms with Gasteiger partial charge in [-0.25, -0.2) is 9.37 Å². The Bertz CT molecular complexity index is 1180. The van der Waals surface area contributed by atoms with Crippen LogP contribution in [-0.4, -0.2) is 29.1 Å². The Balaban J connectivity index is 2.02. The van der Waals surface area contributed by atoms with E-state index in [1.807, 2.05) is 0 Å². The predicted molar refractivity (Wildman–Crippen MR) is 110 cm³/mol. The maximum absolute atomic E-state index is 14.2. The largest absolute Gasteiger partial charge is 0.494 e. The van der Waals surface area contributed by atoms with Crippen molar-refractivity contribution in [2.24, 2.45) is 0 Å². The number of pyridine rings is 1. The summed E-state index contributed by atoms with van der Waals surface area (Å²) in [4.78, 5) is 28.1. The van der Waals surface area contributed by atoms with E-state index in [9.17, 15) is 32.3 Å². The predicted octanol–water partition coefficient (Wildman–Crippen LogP) is 4.86. The monoisotopic (exact) mass is 462 g/mol. The van der Waals surface area contributed by atoms with Crippen LogP contribution >= 0.6 is 0 Å². The van der Waals surface area contributed by atoms with Crippen molar-refractivity contribution in [3.05, 3.63) is 83.3 Å². The lowest BCUT2D eigenvalue weighted by molar-refractivity contribution is -0.138. The van der Waals surface area contributed by atoms with Gasteiger partial charge in [-0.3, -0.25) is 9.59 Å². The number of aromatic nitrogens is 1. The highest BCUT2D eigenvalue weighted by Gasteiger charge is 2.34. The van der Waals surface area contributed by atoms with Gasteiger partial charge in [-0.1, -0.05) is 36.4 Å². The molecule has 0 saturated heterocycles. The van der Waals surface area contributed by atoms with Gasteiger partial charge in [0.05, 0.1) is 25.1 Å². The van der Waals surface area contributed by atoms with Gasteiger partial charge in [-0.05, 0) is 24.3 Å². The molecule has 2 N–H and O–H groups in total. The number of rotatable bonds is 7. The minimum Gasteiger partial charge on any atom is -0.494 e. The normalized spacial score (nSPS) is 12.2. The van der Waals surface area contributed by atoms with Crippen LogP contribution in [0.3, 0.4) is 0 Å². The minimum atomic E-state index is -4.68. The van der Waals surface area contributed by atoms with Crippen molar-refractivity contribution in [2.45, 2.75) is 18.6 Å². The molecule has 0 bridgehead atoms. The minimum absolute atomic E-state index is 0.000519. The number of carbonyl (C=O) groups is 2. The average molecular weight is 462 g/mol. The van der Waals surface area contributed by atoms with E-state index in [2.05, 4.69) is 10.3 Å². The molecule has 1 heterocycles. The molecule has 0 fully saturated rings. The van der Waals surface area contributed by atoms with E-state index in [-0.39, 0.29) is 28.3 Å². The molecular weight excluding hydrogens is 444 g/mol. The molecule has 0 saturated carbocycles. The van der Waals surface area contributed by atoms with Crippen molar-refractivity contribution in [1.29, 1.82) is 0 Å². The van der Waals surface area contributed by atoms with E-state index < -0.39 is 41.9 Å². The van der Waals surface area contributed by atoms with Crippen LogP contribution in [0.25, 0.3) is 11.3 Å². The maximum atomic E-state index is 14.2. The Morgan fingerprint density at radius 1 is 1.06 bits per heavy atom. The van der Waals surface area contributed by atoms with Gasteiger partial charge in [0, 0.05) is 11.1 Å². The van der Waals surface area contributed by atoms with Gasteiger partial charge >= 0.3 is 12.1 Å². The van der Waals surface area contributed by atoms with E-state index in [4.69, 9.17) is 4.74 Å². The summed E-state index contributed by atoms with van der Waals surface area (Å²) in [5.41, 5.74) is -1.84. The molecule has 0 aliphatic rings. The molecule has 33 heavy (non-hydrogen) atoms. The van der Waals surface area contributed by atoms with Crippen LogP contribution in [0.15, 0.2) is 60.7 Å². The third kappa shape index (κ3) is 5.46. The summed E-state index contributed by atoms with van der Waals surface area (Å²) in [6.07, 6.45) is -5.30. The first-order chi connectivity index (χ1) is 15.6. The van der Waals surface area contributed by atoms with Crippen LogP contribution in [0, 0.1) is 5.82 Å². The van der Waals surface area contributed by atoms with Gasteiger partial charge in [0.25, 0.3) is 5.91 Å². The highest BCUT2D eigenvalue weighted by molar-refractivity contribution is 5.94. The second-order valence-electron chi connectivity index (χ2n) is 6.94. The van der Waals surface area contributed by atoms with Gasteiger partial charge in [0.2, 0.25) is 0 Å². The quantitative estimate of drug-likeness (QED) is 0.490. The lowest BCUT2D eigenvalue weighted by atomic mass is 10.0. The Hall–Kier alpha value is -3.95. The Kier molecular flexibility index (Phi) is 6.95. The number of benzene rings is 2. The zero-order chi connectivity index (χ0) is 24.2. The molecule has 3 aromatic rings. The molecule has 0 radical (unpaired) electrons. The highest BCUT2D eigenvalue weighted by atomic mass is 19.4. The molecule has 0 aliphatic heterocycles. The third-order valence-electron chi connectivity index (χ3n) is 4.76. The number of amides is 1. The number of nitrogens with one attached hydrogen (secondary N) is 1. The Morgan fingerprint density at radius 3 is 2.36 bits per heavy atom. The van der Waals surface area contributed by atoms with Gasteiger partial charge in [-0.15, -0.1) is 0 Å². The lowest BCUT2D eigenvalue weighted by Crippen LogP contribution is -2.31. The highest BCUT2D eigenvalue weighted by Crippen LogP contribution is 2.39. The molecule has 1 aromatic heterocycles. The molecule has 1 amide bonds. The first-order valence-electron chi connectivity index (χ1n) is 9.60. The van der Waals surface area contributed by atoms with E-state index >= 15 is 0 Å². The van der Waals surface area contributed by atoms with Crippen molar-refractivity contribution in [3.63, 3.8) is 0 Å². The fraction of sp³-hybridized carbons (Fsp3) is 0.174. The summed E-state index contributed by atoms with van der Waals surface area (Å²) in [5.74, 6) is -2.89. The lowest BCUT2D eigenvalue weighted by Gasteiger charge is -2.19. The average Bonchev–Trinajstić information content (AvgIpc) is 2.77. The molecule has 3 rings (SSSR count). The van der Waals surface area contributed by atoms with Crippen LogP contribution in [0.5, 0.6) is 5.75 Å². The number of carboxylic acids is 1. The number of carboxylic acid groups (broad SMARTS) is 1. The summed E-state index contributed by atoms with van der Waals surface area (Å²) in [6.45, 7) is 0. The van der Waals surface area contributed by atoms with Gasteiger partial charge < -0.3 is 15.2 Å². The molecule has 0 aliphatic carbocycles. The van der Waals surface area contributed by atoms with Crippen molar-refractivity contribution in [3.8, 4) is 17.0 Å². The van der Waals surface area contributed by atoms with E-state index in [1.54, 1.807) is 0 Å². The molecule has 1 atom stereocenters. The summed E-state index contributed by atoms with van der Waals surface area (Å²) >= 11 is 0. The van der Waals surface area contributed by atoms with Crippen LogP contribution < -0.4 is 10.1 Å². The van der Waals surface area contributed by atoms with Crippen molar-refractivity contribution >= 4 is 11.9 Å². The number of aliphatic carboxylic acids is 1. The summed E-state index contributed by atoms with van der Waals surface area (Å²) < 4.78 is 59.9. The third-order valence-corrected chi connectivity index (χ3v) is 4.76. The second-order valence-corrected chi connectivity index (χ2v) is 6.94. The van der Waals surface area contributed by atoms with E-state index in [0.29, 0.717) is 0 Å². The summed E-state index contributed by atoms with van der Waals surface area (Å²) in [7, 11) is 1.25. The smallest absolute Gasteiger partial charge is 0.417 e.